The highest BCUT2D eigenvalue weighted by Gasteiger charge is 2.20. The number of benzene rings is 1. The van der Waals surface area contributed by atoms with Gasteiger partial charge in [0.1, 0.15) is 12.4 Å². The lowest BCUT2D eigenvalue weighted by Crippen LogP contribution is -2.45. The molecule has 26 heavy (non-hydrogen) atoms. The van der Waals surface area contributed by atoms with Gasteiger partial charge in [-0.05, 0) is 6.07 Å². The van der Waals surface area contributed by atoms with Crippen LogP contribution in [0.4, 0.5) is 0 Å². The molecule has 8 heteroatoms. The first-order valence-corrected chi connectivity index (χ1v) is 10.5. The Kier molecular flexibility index (Phi) is 7.93. The molecule has 0 radical (unpaired) electrons. The summed E-state index contributed by atoms with van der Waals surface area (Å²) in [5, 5.41) is 6.53. The van der Waals surface area contributed by atoms with E-state index >= 15 is 0 Å². The quantitative estimate of drug-likeness (QED) is 0.391. The summed E-state index contributed by atoms with van der Waals surface area (Å²) in [5.41, 5.74) is 1.04. The lowest BCUT2D eigenvalue weighted by molar-refractivity contribution is 0.299. The van der Waals surface area contributed by atoms with E-state index in [1.807, 2.05) is 24.3 Å². The Balaban J connectivity index is 1.75. The second kappa shape index (κ2) is 10.2. The molecule has 0 atom stereocenters. The van der Waals surface area contributed by atoms with Gasteiger partial charge in [-0.2, -0.15) is 0 Å². The van der Waals surface area contributed by atoms with Crippen LogP contribution < -0.4 is 15.4 Å². The fourth-order valence-electron chi connectivity index (χ4n) is 2.65. The number of hydrogen-bond donors (Lipinski definition) is 2. The van der Waals surface area contributed by atoms with Crippen molar-refractivity contribution in [3.05, 3.63) is 42.5 Å². The van der Waals surface area contributed by atoms with Crippen LogP contribution in [0.25, 0.3) is 0 Å². The number of nitrogens with one attached hydrogen (secondary N) is 2. The van der Waals surface area contributed by atoms with Gasteiger partial charge in [-0.25, -0.2) is 8.42 Å². The summed E-state index contributed by atoms with van der Waals surface area (Å²) in [7, 11) is -1.10. The van der Waals surface area contributed by atoms with Crippen LogP contribution in [0.3, 0.4) is 0 Å². The Hall–Kier alpha value is -2.06. The average Bonchev–Trinajstić information content (AvgIpc) is 2.64. The summed E-state index contributed by atoms with van der Waals surface area (Å²) in [4.78, 5) is 6.38. The predicted octanol–water partition coefficient (Wildman–Crippen LogP) is 0.647. The maximum Gasteiger partial charge on any atom is 0.191 e. The third kappa shape index (κ3) is 6.68. The summed E-state index contributed by atoms with van der Waals surface area (Å²) >= 11 is 0. The number of ether oxygens (including phenoxy) is 1. The predicted molar refractivity (Wildman–Crippen MR) is 105 cm³/mol. The minimum Gasteiger partial charge on any atom is -0.489 e. The maximum atomic E-state index is 11.5. The van der Waals surface area contributed by atoms with Crippen molar-refractivity contribution >= 4 is 15.8 Å². The van der Waals surface area contributed by atoms with Crippen LogP contribution in [-0.2, 0) is 16.4 Å². The SMILES string of the molecule is C=CCOc1ccccc1CNC(=NC)NCCN1CCS(=O)(=O)CC1. The lowest BCUT2D eigenvalue weighted by atomic mass is 10.2. The van der Waals surface area contributed by atoms with Crippen LogP contribution in [-0.4, -0.2) is 70.6 Å². The highest BCUT2D eigenvalue weighted by Crippen LogP contribution is 2.17. The Morgan fingerprint density at radius 1 is 1.31 bits per heavy atom. The molecule has 1 heterocycles. The van der Waals surface area contributed by atoms with Crippen LogP contribution in [0.1, 0.15) is 5.56 Å². The average molecular weight is 381 g/mol. The second-order valence-corrected chi connectivity index (χ2v) is 8.36. The molecule has 7 nitrogen and oxygen atoms in total. The Morgan fingerprint density at radius 2 is 2.04 bits per heavy atom. The molecule has 1 aliphatic heterocycles. The van der Waals surface area contributed by atoms with E-state index < -0.39 is 9.84 Å². The molecule has 144 valence electrons. The standard InChI is InChI=1S/C18H28N4O3S/c1-3-12-25-17-7-5-4-6-16(17)15-21-18(19-2)20-8-9-22-10-13-26(23,24)14-11-22/h3-7H,1,8-15H2,2H3,(H2,19,20,21). The first-order valence-electron chi connectivity index (χ1n) is 8.73. The van der Waals surface area contributed by atoms with Crippen molar-refractivity contribution in [2.45, 2.75) is 6.54 Å². The van der Waals surface area contributed by atoms with Gasteiger partial charge in [0.25, 0.3) is 0 Å². The number of para-hydroxylation sites is 1. The molecule has 0 aromatic heterocycles. The normalized spacial score (nSPS) is 17.5. The molecular formula is C18H28N4O3S. The van der Waals surface area contributed by atoms with Crippen molar-refractivity contribution in [2.24, 2.45) is 4.99 Å². The van der Waals surface area contributed by atoms with Crippen molar-refractivity contribution in [2.75, 3.05) is 51.3 Å². The number of nitrogens with zero attached hydrogens (tertiary/aromatic N) is 2. The third-order valence-electron chi connectivity index (χ3n) is 4.16. The van der Waals surface area contributed by atoms with Crippen molar-refractivity contribution < 1.29 is 13.2 Å². The van der Waals surface area contributed by atoms with Gasteiger partial charge in [0, 0.05) is 45.3 Å². The molecule has 1 fully saturated rings. The van der Waals surface area contributed by atoms with E-state index in [9.17, 15) is 8.42 Å². The summed E-state index contributed by atoms with van der Waals surface area (Å²) in [6.07, 6.45) is 1.72. The van der Waals surface area contributed by atoms with E-state index in [1.54, 1.807) is 13.1 Å². The first-order chi connectivity index (χ1) is 12.5. The molecule has 0 unspecified atom stereocenters. The molecule has 0 aliphatic carbocycles. The molecule has 2 N–H and O–H groups in total. The molecule has 0 bridgehead atoms. The van der Waals surface area contributed by atoms with Crippen molar-refractivity contribution in [1.82, 2.24) is 15.5 Å². The number of guanidine groups is 1. The van der Waals surface area contributed by atoms with E-state index in [-0.39, 0.29) is 11.5 Å². The minimum absolute atomic E-state index is 0.251. The van der Waals surface area contributed by atoms with Crippen LogP contribution >= 0.6 is 0 Å². The largest absolute Gasteiger partial charge is 0.489 e. The van der Waals surface area contributed by atoms with E-state index in [4.69, 9.17) is 4.74 Å². The van der Waals surface area contributed by atoms with E-state index in [1.165, 1.54) is 0 Å². The zero-order valence-electron chi connectivity index (χ0n) is 15.3. The smallest absolute Gasteiger partial charge is 0.191 e. The van der Waals surface area contributed by atoms with E-state index in [0.717, 1.165) is 17.9 Å². The van der Waals surface area contributed by atoms with Crippen LogP contribution in [0.2, 0.25) is 0 Å². The Morgan fingerprint density at radius 3 is 2.73 bits per heavy atom. The Bertz CT molecular complexity index is 705. The van der Waals surface area contributed by atoms with Gasteiger partial charge < -0.3 is 15.4 Å². The summed E-state index contributed by atoms with van der Waals surface area (Å²) in [6, 6.07) is 7.85. The molecule has 0 spiro atoms. The zero-order valence-corrected chi connectivity index (χ0v) is 16.1. The highest BCUT2D eigenvalue weighted by molar-refractivity contribution is 7.91. The topological polar surface area (TPSA) is 83.0 Å². The van der Waals surface area contributed by atoms with Crippen LogP contribution in [0.5, 0.6) is 5.75 Å². The van der Waals surface area contributed by atoms with Crippen molar-refractivity contribution in [3.8, 4) is 5.75 Å². The van der Waals surface area contributed by atoms with Gasteiger partial charge in [-0.15, -0.1) is 0 Å². The van der Waals surface area contributed by atoms with E-state index in [0.29, 0.717) is 38.7 Å². The molecule has 1 aromatic carbocycles. The minimum atomic E-state index is -2.83. The summed E-state index contributed by atoms with van der Waals surface area (Å²) in [5.74, 6) is 2.03. The van der Waals surface area contributed by atoms with Gasteiger partial charge in [-0.3, -0.25) is 9.89 Å². The fourth-order valence-corrected chi connectivity index (χ4v) is 3.92. The molecule has 1 saturated heterocycles. The molecule has 0 saturated carbocycles. The Labute approximate surface area is 156 Å². The fraction of sp³-hybridized carbons (Fsp3) is 0.500. The van der Waals surface area contributed by atoms with Crippen molar-refractivity contribution in [1.29, 1.82) is 0 Å². The number of aliphatic imine (C=N–C) groups is 1. The molecular weight excluding hydrogens is 352 g/mol. The van der Waals surface area contributed by atoms with E-state index in [2.05, 4.69) is 27.1 Å². The maximum absolute atomic E-state index is 11.5. The van der Waals surface area contributed by atoms with Crippen molar-refractivity contribution in [3.63, 3.8) is 0 Å². The van der Waals surface area contributed by atoms with Gasteiger partial charge in [0.05, 0.1) is 11.5 Å². The molecule has 1 aliphatic rings. The third-order valence-corrected chi connectivity index (χ3v) is 5.77. The molecule has 0 amide bonds. The van der Waals surface area contributed by atoms with Crippen LogP contribution in [0, 0.1) is 0 Å². The number of sulfone groups is 1. The zero-order chi connectivity index (χ0) is 18.8. The summed E-state index contributed by atoms with van der Waals surface area (Å²) in [6.45, 7) is 7.42. The van der Waals surface area contributed by atoms with Gasteiger partial charge in [-0.1, -0.05) is 30.9 Å². The monoisotopic (exact) mass is 380 g/mol. The number of rotatable bonds is 8. The summed E-state index contributed by atoms with van der Waals surface area (Å²) < 4.78 is 28.6. The highest BCUT2D eigenvalue weighted by atomic mass is 32.2. The van der Waals surface area contributed by atoms with Gasteiger partial charge in [0.2, 0.25) is 0 Å². The second-order valence-electron chi connectivity index (χ2n) is 6.05. The van der Waals surface area contributed by atoms with Gasteiger partial charge >= 0.3 is 0 Å². The van der Waals surface area contributed by atoms with Gasteiger partial charge in [0.15, 0.2) is 15.8 Å². The number of hydrogen-bond acceptors (Lipinski definition) is 5. The molecule has 1 aromatic rings. The first kappa shape index (κ1) is 20.3. The lowest BCUT2D eigenvalue weighted by Gasteiger charge is -2.26. The van der Waals surface area contributed by atoms with Crippen LogP contribution in [0.15, 0.2) is 41.9 Å². The molecule has 2 rings (SSSR count).